The van der Waals surface area contributed by atoms with Crippen molar-refractivity contribution in [1.29, 1.82) is 0 Å². The lowest BCUT2D eigenvalue weighted by atomic mass is 10.1. The van der Waals surface area contributed by atoms with Crippen LogP contribution in [0.4, 0.5) is 5.69 Å². The Morgan fingerprint density at radius 3 is 2.65 bits per heavy atom. The van der Waals surface area contributed by atoms with Gasteiger partial charge < -0.3 is 5.73 Å². The van der Waals surface area contributed by atoms with E-state index in [1.807, 2.05) is 42.5 Å². The van der Waals surface area contributed by atoms with E-state index < -0.39 is 0 Å². The van der Waals surface area contributed by atoms with Crippen molar-refractivity contribution in [3.05, 3.63) is 54.1 Å². The third-order valence-corrected chi connectivity index (χ3v) is 3.26. The fraction of sp³-hybridized carbons (Fsp3) is 0.0588. The van der Waals surface area contributed by atoms with E-state index in [0.717, 1.165) is 33.1 Å². The number of carbonyl (C=O) groups excluding carboxylic acids is 1. The highest BCUT2D eigenvalue weighted by Crippen LogP contribution is 2.28. The average molecular weight is 262 g/mol. The summed E-state index contributed by atoms with van der Waals surface area (Å²) in [5.41, 5.74) is 9.67. The van der Waals surface area contributed by atoms with Crippen LogP contribution in [0.25, 0.3) is 27.9 Å². The Balaban J connectivity index is 2.25. The van der Waals surface area contributed by atoms with Crippen LogP contribution in [0.15, 0.2) is 48.5 Å². The van der Waals surface area contributed by atoms with Gasteiger partial charge in [-0.1, -0.05) is 30.3 Å². The van der Waals surface area contributed by atoms with Crippen LogP contribution in [0.3, 0.4) is 0 Å². The van der Waals surface area contributed by atoms with Crippen LogP contribution in [0, 0.1) is 0 Å². The highest BCUT2D eigenvalue weighted by molar-refractivity contribution is 6.06. The van der Waals surface area contributed by atoms with Crippen molar-refractivity contribution in [2.24, 2.45) is 0 Å². The number of rotatable bonds is 2. The summed E-state index contributed by atoms with van der Waals surface area (Å²) in [6.07, 6.45) is 3.34. The number of para-hydroxylation sites is 1. The summed E-state index contributed by atoms with van der Waals surface area (Å²) in [5, 5.41) is 1.86. The number of anilines is 1. The van der Waals surface area contributed by atoms with Gasteiger partial charge in [-0.25, -0.2) is 4.98 Å². The number of aromatic nitrogens is 1. The molecule has 0 aliphatic carbocycles. The summed E-state index contributed by atoms with van der Waals surface area (Å²) < 4.78 is 0. The summed E-state index contributed by atoms with van der Waals surface area (Å²) in [6, 6.07) is 13.6. The zero-order valence-corrected chi connectivity index (χ0v) is 11.1. The molecule has 0 saturated carbocycles. The van der Waals surface area contributed by atoms with Gasteiger partial charge in [-0.15, -0.1) is 0 Å². The van der Waals surface area contributed by atoms with Crippen LogP contribution in [-0.2, 0) is 4.79 Å². The highest BCUT2D eigenvalue weighted by atomic mass is 16.1. The molecule has 98 valence electrons. The van der Waals surface area contributed by atoms with Crippen LogP contribution >= 0.6 is 0 Å². The molecule has 0 fully saturated rings. The molecule has 1 heterocycles. The Bertz CT molecular complexity index is 850. The number of nitrogens with two attached hydrogens (primary N) is 1. The Labute approximate surface area is 116 Å². The fourth-order valence-electron chi connectivity index (χ4n) is 2.26. The standard InChI is InChI=1S/C17H14N2O/c1-11(20)6-7-12-8-9-16-14(10-12)17(18)13-4-2-3-5-15(13)19-16/h2-10H,1H3,(H2,18,19)/b7-6+. The van der Waals surface area contributed by atoms with E-state index in [0.29, 0.717) is 0 Å². The third kappa shape index (κ3) is 2.14. The van der Waals surface area contributed by atoms with E-state index >= 15 is 0 Å². The molecule has 3 rings (SSSR count). The molecule has 3 nitrogen and oxygen atoms in total. The molecule has 2 N–H and O–H groups in total. The highest BCUT2D eigenvalue weighted by Gasteiger charge is 2.06. The minimum absolute atomic E-state index is 0.0229. The predicted molar refractivity (Wildman–Crippen MR) is 83.4 cm³/mol. The first-order valence-corrected chi connectivity index (χ1v) is 6.42. The molecular weight excluding hydrogens is 248 g/mol. The smallest absolute Gasteiger partial charge is 0.152 e. The Morgan fingerprint density at radius 2 is 1.85 bits per heavy atom. The molecule has 0 aliphatic rings. The van der Waals surface area contributed by atoms with Gasteiger partial charge in [-0.2, -0.15) is 0 Å². The first-order valence-electron chi connectivity index (χ1n) is 6.42. The second-order valence-electron chi connectivity index (χ2n) is 4.76. The number of carbonyl (C=O) groups is 1. The van der Waals surface area contributed by atoms with Crippen molar-refractivity contribution in [2.45, 2.75) is 6.92 Å². The first-order chi connectivity index (χ1) is 9.65. The van der Waals surface area contributed by atoms with Crippen LogP contribution in [0.2, 0.25) is 0 Å². The van der Waals surface area contributed by atoms with Crippen LogP contribution in [-0.4, -0.2) is 10.8 Å². The fourth-order valence-corrected chi connectivity index (χ4v) is 2.26. The van der Waals surface area contributed by atoms with Crippen molar-refractivity contribution in [2.75, 3.05) is 5.73 Å². The van der Waals surface area contributed by atoms with Gasteiger partial charge in [-0.3, -0.25) is 4.79 Å². The van der Waals surface area contributed by atoms with Gasteiger partial charge in [0, 0.05) is 10.8 Å². The minimum atomic E-state index is 0.0229. The largest absolute Gasteiger partial charge is 0.398 e. The van der Waals surface area contributed by atoms with Crippen molar-refractivity contribution in [1.82, 2.24) is 4.98 Å². The third-order valence-electron chi connectivity index (χ3n) is 3.26. The van der Waals surface area contributed by atoms with Crippen molar-refractivity contribution in [3.8, 4) is 0 Å². The molecular formula is C17H14N2O. The minimum Gasteiger partial charge on any atom is -0.398 e. The molecule has 0 amide bonds. The number of nitrogens with zero attached hydrogens (tertiary/aromatic N) is 1. The van der Waals surface area contributed by atoms with Gasteiger partial charge in [-0.05, 0) is 36.8 Å². The topological polar surface area (TPSA) is 56.0 Å². The number of hydrogen-bond acceptors (Lipinski definition) is 3. The number of pyridine rings is 1. The molecule has 0 bridgehead atoms. The number of nitrogen functional groups attached to an aromatic ring is 1. The van der Waals surface area contributed by atoms with E-state index in [9.17, 15) is 4.79 Å². The summed E-state index contributed by atoms with van der Waals surface area (Å²) in [5.74, 6) is 0.0229. The molecule has 0 saturated heterocycles. The summed E-state index contributed by atoms with van der Waals surface area (Å²) in [7, 11) is 0. The second-order valence-corrected chi connectivity index (χ2v) is 4.76. The van der Waals surface area contributed by atoms with Gasteiger partial charge in [0.1, 0.15) is 0 Å². The zero-order valence-electron chi connectivity index (χ0n) is 11.1. The van der Waals surface area contributed by atoms with E-state index in [4.69, 9.17) is 5.73 Å². The average Bonchev–Trinajstić information content (AvgIpc) is 2.46. The van der Waals surface area contributed by atoms with E-state index in [2.05, 4.69) is 4.98 Å². The van der Waals surface area contributed by atoms with Crippen molar-refractivity contribution in [3.63, 3.8) is 0 Å². The van der Waals surface area contributed by atoms with E-state index in [1.54, 1.807) is 12.2 Å². The molecule has 2 aromatic carbocycles. The van der Waals surface area contributed by atoms with Gasteiger partial charge in [0.15, 0.2) is 5.78 Å². The monoisotopic (exact) mass is 262 g/mol. The maximum atomic E-state index is 11.0. The van der Waals surface area contributed by atoms with Crippen LogP contribution in [0.1, 0.15) is 12.5 Å². The van der Waals surface area contributed by atoms with E-state index in [1.165, 1.54) is 6.92 Å². The van der Waals surface area contributed by atoms with Crippen molar-refractivity contribution < 1.29 is 4.79 Å². The molecule has 0 spiro atoms. The van der Waals surface area contributed by atoms with Crippen LogP contribution < -0.4 is 5.73 Å². The molecule has 1 aromatic heterocycles. The molecule has 0 radical (unpaired) electrons. The summed E-state index contributed by atoms with van der Waals surface area (Å²) in [6.45, 7) is 1.53. The lowest BCUT2D eigenvalue weighted by Crippen LogP contribution is -1.93. The Kier molecular flexibility index (Phi) is 2.95. The molecule has 3 heteroatoms. The van der Waals surface area contributed by atoms with Gasteiger partial charge in [0.25, 0.3) is 0 Å². The number of hydrogen-bond donors (Lipinski definition) is 1. The second kappa shape index (κ2) is 4.78. The summed E-state index contributed by atoms with van der Waals surface area (Å²) >= 11 is 0. The lowest BCUT2D eigenvalue weighted by Gasteiger charge is -2.07. The molecule has 20 heavy (non-hydrogen) atoms. The summed E-state index contributed by atoms with van der Waals surface area (Å²) in [4.78, 5) is 15.6. The number of fused-ring (bicyclic) bond motifs is 2. The van der Waals surface area contributed by atoms with Crippen LogP contribution in [0.5, 0.6) is 0 Å². The van der Waals surface area contributed by atoms with Gasteiger partial charge in [0.2, 0.25) is 0 Å². The quantitative estimate of drug-likeness (QED) is 0.567. The van der Waals surface area contributed by atoms with Gasteiger partial charge >= 0.3 is 0 Å². The molecule has 3 aromatic rings. The molecule has 0 unspecified atom stereocenters. The number of allylic oxidation sites excluding steroid dienone is 1. The first kappa shape index (κ1) is 12.4. The van der Waals surface area contributed by atoms with Gasteiger partial charge in [0.05, 0.1) is 16.7 Å². The number of benzene rings is 2. The molecule has 0 atom stereocenters. The lowest BCUT2D eigenvalue weighted by molar-refractivity contribution is -0.112. The molecule has 0 aliphatic heterocycles. The SMILES string of the molecule is CC(=O)/C=C/c1ccc2nc3ccccc3c(N)c2c1. The normalized spacial score (nSPS) is 11.4. The maximum absolute atomic E-state index is 11.0. The predicted octanol–water partition coefficient (Wildman–Crippen LogP) is 3.57. The Hall–Kier alpha value is -2.68. The van der Waals surface area contributed by atoms with Crippen molar-refractivity contribution >= 4 is 39.4 Å². The number of ketones is 1. The van der Waals surface area contributed by atoms with E-state index in [-0.39, 0.29) is 5.78 Å². The zero-order chi connectivity index (χ0) is 14.1. The Morgan fingerprint density at radius 1 is 1.10 bits per heavy atom. The maximum Gasteiger partial charge on any atom is 0.152 e.